The van der Waals surface area contributed by atoms with Gasteiger partial charge in [-0.1, -0.05) is 5.92 Å². The highest BCUT2D eigenvalue weighted by Crippen LogP contribution is 1.95. The van der Waals surface area contributed by atoms with Crippen LogP contribution in [0.2, 0.25) is 0 Å². The lowest BCUT2D eigenvalue weighted by Gasteiger charge is -2.17. The van der Waals surface area contributed by atoms with Crippen molar-refractivity contribution in [1.82, 2.24) is 5.32 Å². The summed E-state index contributed by atoms with van der Waals surface area (Å²) in [6.07, 6.45) is 4.90. The molecule has 1 nitrogen and oxygen atoms in total. The highest BCUT2D eigenvalue weighted by atomic mass is 14.9. The summed E-state index contributed by atoms with van der Waals surface area (Å²) in [5, 5.41) is 3.22. The minimum atomic E-state index is 0.0761. The Balaban J connectivity index is 3.98. The quantitative estimate of drug-likeness (QED) is 0.633. The lowest BCUT2D eigenvalue weighted by molar-refractivity contribution is 0.452. The van der Waals surface area contributed by atoms with Crippen LogP contribution < -0.4 is 5.32 Å². The van der Waals surface area contributed by atoms with Gasteiger partial charge in [0, 0.05) is 5.54 Å². The predicted molar refractivity (Wildman–Crippen MR) is 67.7 cm³/mol. The van der Waals surface area contributed by atoms with E-state index in [0.717, 1.165) is 0 Å². The summed E-state index contributed by atoms with van der Waals surface area (Å²) in [7, 11) is 0. The van der Waals surface area contributed by atoms with Crippen LogP contribution in [0.4, 0.5) is 0 Å². The molecule has 0 unspecified atom stereocenters. The number of hydrogen-bond acceptors (Lipinski definition) is 1. The third kappa shape index (κ3) is 11.8. The van der Waals surface area contributed by atoms with Crippen molar-refractivity contribution in [3.8, 4) is 59.7 Å². The average Bonchev–Trinajstić information content (AvgIpc) is 2.19. The van der Waals surface area contributed by atoms with E-state index in [4.69, 9.17) is 6.42 Å². The zero-order valence-corrected chi connectivity index (χ0v) is 9.78. The Morgan fingerprint density at radius 3 is 1.88 bits per heavy atom. The molecule has 1 heteroatoms. The van der Waals surface area contributed by atoms with Crippen LogP contribution >= 0.6 is 0 Å². The van der Waals surface area contributed by atoms with Gasteiger partial charge in [0.25, 0.3) is 0 Å². The van der Waals surface area contributed by atoms with Crippen LogP contribution in [0.5, 0.6) is 0 Å². The Hall–Kier alpha value is -2.24. The van der Waals surface area contributed by atoms with Crippen LogP contribution in [0.1, 0.15) is 20.8 Å². The van der Waals surface area contributed by atoms with Crippen molar-refractivity contribution in [2.75, 3.05) is 6.54 Å². The summed E-state index contributed by atoms with van der Waals surface area (Å²) in [5.41, 5.74) is 0.0761. The van der Waals surface area contributed by atoms with Gasteiger partial charge in [-0.25, -0.2) is 0 Å². The third-order valence-corrected chi connectivity index (χ3v) is 1.24. The molecule has 78 valence electrons. The highest BCUT2D eigenvalue weighted by molar-refractivity contribution is 5.42. The molecule has 0 saturated carbocycles. The molecule has 0 spiro atoms. The van der Waals surface area contributed by atoms with Gasteiger partial charge < -0.3 is 5.32 Å². The third-order valence-electron chi connectivity index (χ3n) is 1.24. The molecule has 0 aliphatic carbocycles. The van der Waals surface area contributed by atoms with E-state index in [2.05, 4.69) is 79.4 Å². The van der Waals surface area contributed by atoms with E-state index < -0.39 is 0 Å². The summed E-state index contributed by atoms with van der Waals surface area (Å²) in [5.74, 6) is 22.7. The van der Waals surface area contributed by atoms with Crippen LogP contribution in [0, 0.1) is 59.7 Å². The fourth-order valence-corrected chi connectivity index (χ4v) is 0.590. The van der Waals surface area contributed by atoms with E-state index in [9.17, 15) is 0 Å². The van der Waals surface area contributed by atoms with E-state index >= 15 is 0 Å². The molecule has 0 rings (SSSR count). The number of hydrogen-bond donors (Lipinski definition) is 1. The predicted octanol–water partition coefficient (Wildman–Crippen LogP) is 1.02. The Bertz CT molecular complexity index is 494. The fourth-order valence-electron chi connectivity index (χ4n) is 0.590. The SMILES string of the molecule is C#CC#CC#CC#CC#CCNC(C)(C)C. The van der Waals surface area contributed by atoms with Crippen LogP contribution in [0.25, 0.3) is 0 Å². The van der Waals surface area contributed by atoms with Gasteiger partial charge >= 0.3 is 0 Å². The lowest BCUT2D eigenvalue weighted by Crippen LogP contribution is -2.35. The molecule has 0 aromatic heterocycles. The molecule has 0 saturated heterocycles. The monoisotopic (exact) mass is 207 g/mol. The van der Waals surface area contributed by atoms with E-state index in [-0.39, 0.29) is 5.54 Å². The van der Waals surface area contributed by atoms with Crippen molar-refractivity contribution in [1.29, 1.82) is 0 Å². The maximum atomic E-state index is 4.90. The Morgan fingerprint density at radius 2 is 1.38 bits per heavy atom. The van der Waals surface area contributed by atoms with E-state index in [1.165, 1.54) is 0 Å². The van der Waals surface area contributed by atoms with Crippen LogP contribution in [0.15, 0.2) is 0 Å². The molecule has 0 fully saturated rings. The van der Waals surface area contributed by atoms with E-state index in [0.29, 0.717) is 6.54 Å². The zero-order chi connectivity index (χ0) is 12.3. The maximum Gasteiger partial charge on any atom is 0.0590 e. The van der Waals surface area contributed by atoms with Crippen molar-refractivity contribution in [2.24, 2.45) is 0 Å². The first-order valence-electron chi connectivity index (χ1n) is 4.75. The molecule has 0 bridgehead atoms. The van der Waals surface area contributed by atoms with Gasteiger partial charge in [-0.2, -0.15) is 0 Å². The first-order chi connectivity index (χ1) is 7.56. The molecule has 16 heavy (non-hydrogen) atoms. The summed E-state index contributed by atoms with van der Waals surface area (Å²) in [6, 6.07) is 0. The second-order valence-corrected chi connectivity index (χ2v) is 3.80. The number of rotatable bonds is 1. The first-order valence-corrected chi connectivity index (χ1v) is 4.75. The van der Waals surface area contributed by atoms with Crippen molar-refractivity contribution in [3.05, 3.63) is 0 Å². The Morgan fingerprint density at radius 1 is 0.875 bits per heavy atom. The highest BCUT2D eigenvalue weighted by Gasteiger charge is 2.05. The molecular formula is C15H13N. The normalized spacial score (nSPS) is 7.38. The molecule has 1 N–H and O–H groups in total. The first kappa shape index (κ1) is 13.8. The topological polar surface area (TPSA) is 12.0 Å². The minimum Gasteiger partial charge on any atom is -0.301 e. The zero-order valence-electron chi connectivity index (χ0n) is 9.78. The summed E-state index contributed by atoms with van der Waals surface area (Å²) in [4.78, 5) is 0. The van der Waals surface area contributed by atoms with Crippen molar-refractivity contribution in [2.45, 2.75) is 26.3 Å². The number of nitrogens with one attached hydrogen (secondary N) is 1. The molecular weight excluding hydrogens is 194 g/mol. The molecule has 0 radical (unpaired) electrons. The van der Waals surface area contributed by atoms with Crippen LogP contribution in [0.3, 0.4) is 0 Å². The van der Waals surface area contributed by atoms with Gasteiger partial charge in [-0.05, 0) is 68.1 Å². The van der Waals surface area contributed by atoms with Gasteiger partial charge in [0.15, 0.2) is 0 Å². The molecule has 0 aromatic rings. The standard InChI is InChI=1S/C15H13N/c1-5-6-7-8-9-10-11-12-13-14-16-15(2,3)4/h1,16H,14H2,2-4H3. The fraction of sp³-hybridized carbons (Fsp3) is 0.333. The van der Waals surface area contributed by atoms with Gasteiger partial charge in [-0.3, -0.25) is 0 Å². The van der Waals surface area contributed by atoms with Gasteiger partial charge in [0.1, 0.15) is 0 Å². The average molecular weight is 207 g/mol. The van der Waals surface area contributed by atoms with E-state index in [1.807, 2.05) is 0 Å². The summed E-state index contributed by atoms with van der Waals surface area (Å²) in [6.45, 7) is 6.85. The van der Waals surface area contributed by atoms with Gasteiger partial charge in [0.2, 0.25) is 0 Å². The largest absolute Gasteiger partial charge is 0.301 e. The Labute approximate surface area is 98.4 Å². The van der Waals surface area contributed by atoms with Crippen LogP contribution in [-0.4, -0.2) is 12.1 Å². The lowest BCUT2D eigenvalue weighted by atomic mass is 10.1. The summed E-state index contributed by atoms with van der Waals surface area (Å²) >= 11 is 0. The second kappa shape index (κ2) is 8.10. The van der Waals surface area contributed by atoms with Gasteiger partial charge in [-0.15, -0.1) is 6.42 Å². The molecule has 0 aliphatic rings. The second-order valence-electron chi connectivity index (χ2n) is 3.80. The van der Waals surface area contributed by atoms with E-state index in [1.54, 1.807) is 0 Å². The number of terminal acetylenes is 1. The minimum absolute atomic E-state index is 0.0761. The summed E-state index contributed by atoms with van der Waals surface area (Å²) < 4.78 is 0. The molecule has 0 amide bonds. The van der Waals surface area contributed by atoms with Gasteiger partial charge in [0.05, 0.1) is 6.54 Å². The maximum absolute atomic E-state index is 4.90. The van der Waals surface area contributed by atoms with Crippen LogP contribution in [-0.2, 0) is 0 Å². The van der Waals surface area contributed by atoms with Crippen molar-refractivity contribution < 1.29 is 0 Å². The van der Waals surface area contributed by atoms with Crippen molar-refractivity contribution in [3.63, 3.8) is 0 Å². The molecule has 0 heterocycles. The molecule has 0 aliphatic heterocycles. The smallest absolute Gasteiger partial charge is 0.0590 e. The molecule has 0 atom stereocenters. The Kier molecular flexibility index (Phi) is 6.97. The molecule has 0 aromatic carbocycles. The van der Waals surface area contributed by atoms with Crippen molar-refractivity contribution >= 4 is 0 Å².